The smallest absolute Gasteiger partial charge is 0.0809 e. The second kappa shape index (κ2) is 6.46. The largest absolute Gasteiger partial charge is 0.379 e. The molecule has 88 valence electrons. The van der Waals surface area contributed by atoms with Gasteiger partial charge in [-0.3, -0.25) is 0 Å². The fourth-order valence-corrected chi connectivity index (χ4v) is 2.39. The van der Waals surface area contributed by atoms with Crippen molar-refractivity contribution in [2.24, 2.45) is 0 Å². The standard InChI is InChI=1S/C12H23NO2/c1-2-7-13-11(4-1)6-9-14-10-12-5-3-8-15-12/h11-13H,1-10H2. The minimum atomic E-state index is 0.379. The molecule has 3 heteroatoms. The van der Waals surface area contributed by atoms with E-state index < -0.39 is 0 Å². The molecule has 2 fully saturated rings. The highest BCUT2D eigenvalue weighted by molar-refractivity contribution is 4.71. The van der Waals surface area contributed by atoms with Crippen molar-refractivity contribution >= 4 is 0 Å². The van der Waals surface area contributed by atoms with Crippen LogP contribution in [0.15, 0.2) is 0 Å². The van der Waals surface area contributed by atoms with E-state index in [2.05, 4.69) is 5.32 Å². The molecule has 2 heterocycles. The van der Waals surface area contributed by atoms with Gasteiger partial charge in [0.2, 0.25) is 0 Å². The molecule has 2 atom stereocenters. The zero-order valence-electron chi connectivity index (χ0n) is 9.54. The fraction of sp³-hybridized carbons (Fsp3) is 1.00. The van der Waals surface area contributed by atoms with Crippen LogP contribution in [0.2, 0.25) is 0 Å². The van der Waals surface area contributed by atoms with E-state index in [-0.39, 0.29) is 0 Å². The summed E-state index contributed by atoms with van der Waals surface area (Å²) in [5, 5.41) is 3.54. The van der Waals surface area contributed by atoms with Crippen molar-refractivity contribution < 1.29 is 9.47 Å². The second-order valence-electron chi connectivity index (χ2n) is 4.65. The van der Waals surface area contributed by atoms with Crippen molar-refractivity contribution in [2.75, 3.05) is 26.4 Å². The molecule has 0 aromatic rings. The molecule has 0 aliphatic carbocycles. The second-order valence-corrected chi connectivity index (χ2v) is 4.65. The van der Waals surface area contributed by atoms with Gasteiger partial charge in [0.15, 0.2) is 0 Å². The average Bonchev–Trinajstić information content (AvgIpc) is 2.79. The van der Waals surface area contributed by atoms with Gasteiger partial charge in [-0.25, -0.2) is 0 Å². The monoisotopic (exact) mass is 213 g/mol. The Balaban J connectivity index is 1.47. The van der Waals surface area contributed by atoms with E-state index in [1.54, 1.807) is 0 Å². The van der Waals surface area contributed by atoms with E-state index in [9.17, 15) is 0 Å². The van der Waals surface area contributed by atoms with E-state index in [1.807, 2.05) is 0 Å². The quantitative estimate of drug-likeness (QED) is 0.705. The lowest BCUT2D eigenvalue weighted by Crippen LogP contribution is -2.35. The minimum absolute atomic E-state index is 0.379. The van der Waals surface area contributed by atoms with Crippen LogP contribution in [0.3, 0.4) is 0 Å². The Morgan fingerprint density at radius 2 is 2.20 bits per heavy atom. The van der Waals surface area contributed by atoms with Gasteiger partial charge >= 0.3 is 0 Å². The molecular weight excluding hydrogens is 190 g/mol. The summed E-state index contributed by atoms with van der Waals surface area (Å²) in [5.74, 6) is 0. The maximum absolute atomic E-state index is 5.66. The maximum Gasteiger partial charge on any atom is 0.0809 e. The molecule has 15 heavy (non-hydrogen) atoms. The third kappa shape index (κ3) is 4.09. The van der Waals surface area contributed by atoms with Crippen LogP contribution in [0.4, 0.5) is 0 Å². The van der Waals surface area contributed by atoms with E-state index in [0.29, 0.717) is 12.1 Å². The topological polar surface area (TPSA) is 30.5 Å². The summed E-state index contributed by atoms with van der Waals surface area (Å²) in [6.45, 7) is 3.80. The highest BCUT2D eigenvalue weighted by Gasteiger charge is 2.16. The van der Waals surface area contributed by atoms with Crippen LogP contribution >= 0.6 is 0 Å². The summed E-state index contributed by atoms with van der Waals surface area (Å²) in [7, 11) is 0. The van der Waals surface area contributed by atoms with Crippen LogP contribution in [0.1, 0.15) is 38.5 Å². The van der Waals surface area contributed by atoms with Gasteiger partial charge in [0.25, 0.3) is 0 Å². The normalized spacial score (nSPS) is 32.0. The molecule has 0 spiro atoms. The third-order valence-corrected chi connectivity index (χ3v) is 3.35. The molecule has 3 nitrogen and oxygen atoms in total. The molecule has 2 saturated heterocycles. The van der Waals surface area contributed by atoms with E-state index in [4.69, 9.17) is 9.47 Å². The number of piperidine rings is 1. The summed E-state index contributed by atoms with van der Waals surface area (Å²) in [4.78, 5) is 0. The van der Waals surface area contributed by atoms with Gasteiger partial charge in [-0.2, -0.15) is 0 Å². The van der Waals surface area contributed by atoms with Crippen molar-refractivity contribution in [2.45, 2.75) is 50.7 Å². The molecule has 0 bridgehead atoms. The van der Waals surface area contributed by atoms with Crippen molar-refractivity contribution in [1.29, 1.82) is 0 Å². The SMILES string of the molecule is C1CCC(CCOCC2CCCO2)NC1. The number of ether oxygens (including phenoxy) is 2. The minimum Gasteiger partial charge on any atom is -0.379 e. The van der Waals surface area contributed by atoms with Crippen LogP contribution in [0.5, 0.6) is 0 Å². The first kappa shape index (κ1) is 11.4. The van der Waals surface area contributed by atoms with E-state index >= 15 is 0 Å². The molecular formula is C12H23NO2. The van der Waals surface area contributed by atoms with Crippen molar-refractivity contribution in [3.05, 3.63) is 0 Å². The van der Waals surface area contributed by atoms with E-state index in [0.717, 1.165) is 26.2 Å². The first-order valence-corrected chi connectivity index (χ1v) is 6.38. The highest BCUT2D eigenvalue weighted by atomic mass is 16.5. The lowest BCUT2D eigenvalue weighted by Gasteiger charge is -2.23. The summed E-state index contributed by atoms with van der Waals surface area (Å²) in [5.41, 5.74) is 0. The number of hydrogen-bond donors (Lipinski definition) is 1. The van der Waals surface area contributed by atoms with Crippen molar-refractivity contribution in [3.63, 3.8) is 0 Å². The van der Waals surface area contributed by atoms with Gasteiger partial charge < -0.3 is 14.8 Å². The maximum atomic E-state index is 5.66. The van der Waals surface area contributed by atoms with Gasteiger partial charge in [-0.15, -0.1) is 0 Å². The zero-order chi connectivity index (χ0) is 10.3. The average molecular weight is 213 g/mol. The van der Waals surface area contributed by atoms with Gasteiger partial charge in [-0.1, -0.05) is 6.42 Å². The molecule has 0 radical (unpaired) electrons. The van der Waals surface area contributed by atoms with Crippen molar-refractivity contribution in [3.8, 4) is 0 Å². The lowest BCUT2D eigenvalue weighted by molar-refractivity contribution is 0.0140. The number of nitrogens with one attached hydrogen (secondary N) is 1. The first-order chi connectivity index (χ1) is 7.45. The van der Waals surface area contributed by atoms with Crippen LogP contribution < -0.4 is 5.32 Å². The Labute approximate surface area is 92.5 Å². The molecule has 2 aliphatic rings. The van der Waals surface area contributed by atoms with Crippen LogP contribution in [-0.2, 0) is 9.47 Å². The Hall–Kier alpha value is -0.120. The summed E-state index contributed by atoms with van der Waals surface area (Å²) >= 11 is 0. The Bertz CT molecular complexity index is 163. The summed E-state index contributed by atoms with van der Waals surface area (Å²) in [6.07, 6.45) is 7.97. The number of hydrogen-bond acceptors (Lipinski definition) is 3. The van der Waals surface area contributed by atoms with Crippen LogP contribution in [0, 0.1) is 0 Å². The Morgan fingerprint density at radius 3 is 2.93 bits per heavy atom. The van der Waals surface area contributed by atoms with Crippen LogP contribution in [-0.4, -0.2) is 38.5 Å². The zero-order valence-corrected chi connectivity index (χ0v) is 9.54. The molecule has 0 aromatic heterocycles. The molecule has 2 unspecified atom stereocenters. The van der Waals surface area contributed by atoms with Crippen molar-refractivity contribution in [1.82, 2.24) is 5.32 Å². The van der Waals surface area contributed by atoms with Gasteiger partial charge in [-0.05, 0) is 38.6 Å². The summed E-state index contributed by atoms with van der Waals surface area (Å²) < 4.78 is 11.2. The molecule has 2 rings (SSSR count). The molecule has 2 aliphatic heterocycles. The lowest BCUT2D eigenvalue weighted by atomic mass is 10.0. The molecule has 1 N–H and O–H groups in total. The molecule has 0 aromatic carbocycles. The molecule has 0 saturated carbocycles. The van der Waals surface area contributed by atoms with Crippen LogP contribution in [0.25, 0.3) is 0 Å². The predicted octanol–water partition coefficient (Wildman–Crippen LogP) is 1.71. The third-order valence-electron chi connectivity index (χ3n) is 3.35. The summed E-state index contributed by atoms with van der Waals surface area (Å²) in [6, 6.07) is 0.697. The highest BCUT2D eigenvalue weighted by Crippen LogP contribution is 2.13. The van der Waals surface area contributed by atoms with Gasteiger partial charge in [0, 0.05) is 19.3 Å². The predicted molar refractivity (Wildman–Crippen MR) is 60.1 cm³/mol. The van der Waals surface area contributed by atoms with Gasteiger partial charge in [0.1, 0.15) is 0 Å². The fourth-order valence-electron chi connectivity index (χ4n) is 2.39. The van der Waals surface area contributed by atoms with Gasteiger partial charge in [0.05, 0.1) is 12.7 Å². The first-order valence-electron chi connectivity index (χ1n) is 6.38. The Morgan fingerprint density at radius 1 is 1.20 bits per heavy atom. The Kier molecular flexibility index (Phi) is 4.90. The molecule has 0 amide bonds. The number of rotatable bonds is 5. The van der Waals surface area contributed by atoms with E-state index in [1.165, 1.54) is 38.6 Å².